The minimum absolute atomic E-state index is 0.337. The minimum atomic E-state index is -0.337. The Balaban J connectivity index is 2.50. The summed E-state index contributed by atoms with van der Waals surface area (Å²) in [5.74, 6) is -0.337. The molecule has 0 spiro atoms. The van der Waals surface area contributed by atoms with Crippen molar-refractivity contribution in [3.8, 4) is 0 Å². The fourth-order valence-corrected chi connectivity index (χ4v) is 1.51. The highest BCUT2D eigenvalue weighted by molar-refractivity contribution is 14.1. The number of carbonyl (C=O) groups excluding carboxylic acids is 1. The van der Waals surface area contributed by atoms with Gasteiger partial charge in [-0.1, -0.05) is 12.1 Å². The van der Waals surface area contributed by atoms with Crippen molar-refractivity contribution >= 4 is 34.2 Å². The smallest absolute Gasteiger partial charge is 0.332 e. The lowest BCUT2D eigenvalue weighted by molar-refractivity contribution is -0.137. The molecule has 0 unspecified atom stereocenters. The van der Waals surface area contributed by atoms with Gasteiger partial charge in [-0.05, 0) is 41.6 Å². The maximum Gasteiger partial charge on any atom is 0.332 e. The van der Waals surface area contributed by atoms with Gasteiger partial charge in [0, 0.05) is 15.8 Å². The number of hydrogen-bond donors (Lipinski definition) is 1. The number of halogens is 1. The van der Waals surface area contributed by atoms with E-state index in [-0.39, 0.29) is 5.97 Å². The van der Waals surface area contributed by atoms with Crippen molar-refractivity contribution in [3.63, 3.8) is 0 Å². The van der Waals surface area contributed by atoms with E-state index in [2.05, 4.69) is 27.9 Å². The largest absolute Gasteiger partial charge is 0.463 e. The van der Waals surface area contributed by atoms with Gasteiger partial charge in [-0.2, -0.15) is 0 Å². The lowest BCUT2D eigenvalue weighted by Gasteiger charge is -2.02. The third kappa shape index (κ3) is 4.33. The first-order valence-corrected chi connectivity index (χ1v) is 5.66. The molecule has 0 fully saturated rings. The van der Waals surface area contributed by atoms with Crippen LogP contribution in [0.5, 0.6) is 0 Å². The molecule has 0 heterocycles. The van der Waals surface area contributed by atoms with Crippen molar-refractivity contribution in [1.82, 2.24) is 0 Å². The quantitative estimate of drug-likeness (QED) is 0.527. The molecule has 3 nitrogen and oxygen atoms in total. The normalized spacial score (nSPS) is 10.3. The van der Waals surface area contributed by atoms with E-state index in [1.54, 1.807) is 13.1 Å². The molecule has 0 saturated carbocycles. The summed E-state index contributed by atoms with van der Waals surface area (Å²) < 4.78 is 5.84. The average molecular weight is 317 g/mol. The Hall–Kier alpha value is -1.04. The Kier molecular flexibility index (Phi) is 5.17. The van der Waals surface area contributed by atoms with Crippen LogP contribution in [-0.4, -0.2) is 12.6 Å². The molecule has 0 atom stereocenters. The van der Waals surface area contributed by atoms with Crippen LogP contribution in [0.1, 0.15) is 6.92 Å². The summed E-state index contributed by atoms with van der Waals surface area (Å²) in [6, 6.07) is 7.82. The van der Waals surface area contributed by atoms with Gasteiger partial charge < -0.3 is 10.1 Å². The Morgan fingerprint density at radius 3 is 2.93 bits per heavy atom. The Labute approximate surface area is 103 Å². The highest BCUT2D eigenvalue weighted by atomic mass is 127. The second kappa shape index (κ2) is 6.44. The second-order valence-corrected chi connectivity index (χ2v) is 3.87. The Morgan fingerprint density at radius 1 is 1.53 bits per heavy atom. The molecule has 0 aliphatic carbocycles. The molecule has 0 bridgehead atoms. The number of rotatable bonds is 4. The van der Waals surface area contributed by atoms with E-state index < -0.39 is 0 Å². The first-order valence-electron chi connectivity index (χ1n) is 4.58. The predicted molar refractivity (Wildman–Crippen MR) is 68.6 cm³/mol. The van der Waals surface area contributed by atoms with E-state index >= 15 is 0 Å². The van der Waals surface area contributed by atoms with Crippen LogP contribution in [0, 0.1) is 3.57 Å². The molecular weight excluding hydrogens is 305 g/mol. The molecule has 0 aliphatic rings. The average Bonchev–Trinajstić information content (AvgIpc) is 2.21. The van der Waals surface area contributed by atoms with Crippen LogP contribution in [-0.2, 0) is 9.53 Å². The van der Waals surface area contributed by atoms with Gasteiger partial charge in [0.1, 0.15) is 0 Å². The molecule has 0 aliphatic heterocycles. The fraction of sp³-hybridized carbons (Fsp3) is 0.182. The number of esters is 1. The third-order valence-corrected chi connectivity index (χ3v) is 2.56. The number of para-hydroxylation sites is 1. The van der Waals surface area contributed by atoms with Crippen molar-refractivity contribution in [2.45, 2.75) is 6.92 Å². The van der Waals surface area contributed by atoms with Crippen LogP contribution in [0.3, 0.4) is 0 Å². The van der Waals surface area contributed by atoms with Crippen molar-refractivity contribution in [2.75, 3.05) is 11.9 Å². The van der Waals surface area contributed by atoms with Crippen LogP contribution in [0.25, 0.3) is 0 Å². The summed E-state index contributed by atoms with van der Waals surface area (Å²) in [6.45, 7) is 2.17. The molecule has 0 radical (unpaired) electrons. The molecule has 1 N–H and O–H groups in total. The summed E-state index contributed by atoms with van der Waals surface area (Å²) in [5, 5.41) is 3.01. The minimum Gasteiger partial charge on any atom is -0.463 e. The standard InChI is InChI=1S/C11H12INO2/c1-2-15-11(14)7-8-13-10-6-4-3-5-9(10)12/h3-8,13H,2H2,1H3/b8-7+. The first-order chi connectivity index (χ1) is 7.24. The van der Waals surface area contributed by atoms with Crippen LogP contribution < -0.4 is 5.32 Å². The zero-order valence-corrected chi connectivity index (χ0v) is 10.5. The molecule has 4 heteroatoms. The van der Waals surface area contributed by atoms with E-state index in [1.807, 2.05) is 24.3 Å². The predicted octanol–water partition coefficient (Wildman–Crippen LogP) is 2.78. The number of benzene rings is 1. The summed E-state index contributed by atoms with van der Waals surface area (Å²) in [4.78, 5) is 11.0. The number of carbonyl (C=O) groups is 1. The molecule has 1 aromatic rings. The fourth-order valence-electron chi connectivity index (χ4n) is 0.968. The second-order valence-electron chi connectivity index (χ2n) is 2.71. The van der Waals surface area contributed by atoms with E-state index in [4.69, 9.17) is 4.74 Å². The monoisotopic (exact) mass is 317 g/mol. The van der Waals surface area contributed by atoms with Crippen LogP contribution in [0.4, 0.5) is 5.69 Å². The highest BCUT2D eigenvalue weighted by Crippen LogP contribution is 2.16. The molecule has 1 rings (SSSR count). The lowest BCUT2D eigenvalue weighted by atomic mass is 10.3. The first kappa shape index (κ1) is 12.0. The number of hydrogen-bond acceptors (Lipinski definition) is 3. The van der Waals surface area contributed by atoms with Crippen LogP contribution in [0.2, 0.25) is 0 Å². The van der Waals surface area contributed by atoms with Crippen molar-refractivity contribution < 1.29 is 9.53 Å². The Bertz CT molecular complexity index is 363. The van der Waals surface area contributed by atoms with Gasteiger partial charge in [0.2, 0.25) is 0 Å². The number of ether oxygens (including phenoxy) is 1. The van der Waals surface area contributed by atoms with Gasteiger partial charge in [-0.25, -0.2) is 4.79 Å². The summed E-state index contributed by atoms with van der Waals surface area (Å²) in [5.41, 5.74) is 0.971. The van der Waals surface area contributed by atoms with E-state index in [1.165, 1.54) is 6.08 Å². The summed E-state index contributed by atoms with van der Waals surface area (Å²) in [7, 11) is 0. The topological polar surface area (TPSA) is 38.3 Å². The van der Waals surface area contributed by atoms with Crippen LogP contribution >= 0.6 is 22.6 Å². The lowest BCUT2D eigenvalue weighted by Crippen LogP contribution is -2.00. The van der Waals surface area contributed by atoms with Gasteiger partial charge in [-0.3, -0.25) is 0 Å². The Morgan fingerprint density at radius 2 is 2.27 bits per heavy atom. The van der Waals surface area contributed by atoms with Crippen molar-refractivity contribution in [2.24, 2.45) is 0 Å². The third-order valence-electron chi connectivity index (χ3n) is 1.62. The van der Waals surface area contributed by atoms with Crippen molar-refractivity contribution in [3.05, 3.63) is 40.1 Å². The van der Waals surface area contributed by atoms with E-state index in [0.29, 0.717) is 6.61 Å². The highest BCUT2D eigenvalue weighted by Gasteiger charge is 1.95. The van der Waals surface area contributed by atoms with Gasteiger partial charge in [-0.15, -0.1) is 0 Å². The van der Waals surface area contributed by atoms with Crippen molar-refractivity contribution in [1.29, 1.82) is 0 Å². The van der Waals surface area contributed by atoms with Gasteiger partial charge in [0.25, 0.3) is 0 Å². The summed E-state index contributed by atoms with van der Waals surface area (Å²) in [6.07, 6.45) is 2.95. The molecule has 0 saturated heterocycles. The SMILES string of the molecule is CCOC(=O)/C=C/Nc1ccccc1I. The van der Waals surface area contributed by atoms with Gasteiger partial charge in [0.15, 0.2) is 0 Å². The molecule has 0 aromatic heterocycles. The van der Waals surface area contributed by atoms with Gasteiger partial charge in [0.05, 0.1) is 12.3 Å². The maximum atomic E-state index is 11.0. The molecular formula is C11H12INO2. The maximum absolute atomic E-state index is 11.0. The van der Waals surface area contributed by atoms with E-state index in [9.17, 15) is 4.79 Å². The molecule has 1 aromatic carbocycles. The summed E-state index contributed by atoms with van der Waals surface area (Å²) >= 11 is 2.22. The molecule has 0 amide bonds. The number of anilines is 1. The molecule has 80 valence electrons. The number of nitrogens with one attached hydrogen (secondary N) is 1. The van der Waals surface area contributed by atoms with E-state index in [0.717, 1.165) is 9.26 Å². The molecule has 15 heavy (non-hydrogen) atoms. The van der Waals surface area contributed by atoms with Gasteiger partial charge >= 0.3 is 5.97 Å². The zero-order chi connectivity index (χ0) is 11.1. The van der Waals surface area contributed by atoms with Crippen LogP contribution in [0.15, 0.2) is 36.5 Å². The zero-order valence-electron chi connectivity index (χ0n) is 8.37.